The predicted molar refractivity (Wildman–Crippen MR) is 89.4 cm³/mol. The number of carbonyl (C=O) groups excluding carboxylic acids is 1. The fourth-order valence-corrected chi connectivity index (χ4v) is 3.17. The SMILES string of the molecule is CC1(C(=O)O)CCN(C(=O)c2cnn(-c3cccc(F)c3)c2C(F)(F)F)CC1. The van der Waals surface area contributed by atoms with Crippen LogP contribution in [-0.4, -0.2) is 44.8 Å². The van der Waals surface area contributed by atoms with E-state index in [0.717, 1.165) is 18.3 Å². The van der Waals surface area contributed by atoms with Gasteiger partial charge in [-0.15, -0.1) is 0 Å². The third-order valence-corrected chi connectivity index (χ3v) is 4.99. The summed E-state index contributed by atoms with van der Waals surface area (Å²) in [7, 11) is 0. The zero-order chi connectivity index (χ0) is 20.7. The number of hydrogen-bond donors (Lipinski definition) is 1. The van der Waals surface area contributed by atoms with Gasteiger partial charge < -0.3 is 10.0 Å². The summed E-state index contributed by atoms with van der Waals surface area (Å²) in [5.74, 6) is -2.63. The second-order valence-corrected chi connectivity index (χ2v) is 6.95. The highest BCUT2D eigenvalue weighted by molar-refractivity contribution is 5.95. The van der Waals surface area contributed by atoms with Gasteiger partial charge >= 0.3 is 12.1 Å². The van der Waals surface area contributed by atoms with Gasteiger partial charge in [0.2, 0.25) is 0 Å². The molecule has 1 aromatic carbocycles. The van der Waals surface area contributed by atoms with Crippen molar-refractivity contribution >= 4 is 11.9 Å². The molecule has 0 aliphatic carbocycles. The van der Waals surface area contributed by atoms with Gasteiger partial charge in [-0.25, -0.2) is 9.07 Å². The summed E-state index contributed by atoms with van der Waals surface area (Å²) >= 11 is 0. The molecular formula is C18H17F4N3O3. The van der Waals surface area contributed by atoms with Crippen LogP contribution in [0, 0.1) is 11.2 Å². The van der Waals surface area contributed by atoms with Gasteiger partial charge in [0.1, 0.15) is 5.82 Å². The quantitative estimate of drug-likeness (QED) is 0.804. The van der Waals surface area contributed by atoms with Crippen LogP contribution in [0.15, 0.2) is 30.5 Å². The number of hydrogen-bond acceptors (Lipinski definition) is 3. The van der Waals surface area contributed by atoms with E-state index in [0.29, 0.717) is 4.68 Å². The molecule has 6 nitrogen and oxygen atoms in total. The lowest BCUT2D eigenvalue weighted by molar-refractivity contribution is -0.150. The monoisotopic (exact) mass is 399 g/mol. The third-order valence-electron chi connectivity index (χ3n) is 4.99. The Balaban J connectivity index is 1.95. The first-order valence-corrected chi connectivity index (χ1v) is 8.47. The second-order valence-electron chi connectivity index (χ2n) is 6.95. The Hall–Kier alpha value is -2.91. The summed E-state index contributed by atoms with van der Waals surface area (Å²) in [6, 6.07) is 4.46. The summed E-state index contributed by atoms with van der Waals surface area (Å²) in [5.41, 5.74) is -3.14. The molecule has 2 aromatic rings. The van der Waals surface area contributed by atoms with E-state index in [9.17, 15) is 32.3 Å². The fourth-order valence-electron chi connectivity index (χ4n) is 3.17. The van der Waals surface area contributed by atoms with Gasteiger partial charge in [-0.05, 0) is 38.0 Å². The molecule has 1 aliphatic heterocycles. The van der Waals surface area contributed by atoms with Crippen LogP contribution < -0.4 is 0 Å². The molecule has 0 bridgehead atoms. The zero-order valence-electron chi connectivity index (χ0n) is 14.8. The number of piperidine rings is 1. The number of carboxylic acids is 1. The highest BCUT2D eigenvalue weighted by atomic mass is 19.4. The lowest BCUT2D eigenvalue weighted by atomic mass is 9.80. The van der Waals surface area contributed by atoms with Crippen molar-refractivity contribution in [3.8, 4) is 5.69 Å². The highest BCUT2D eigenvalue weighted by Gasteiger charge is 2.43. The number of likely N-dealkylation sites (tertiary alicyclic amines) is 1. The van der Waals surface area contributed by atoms with Crippen molar-refractivity contribution in [3.63, 3.8) is 0 Å². The Kier molecular flexibility index (Phi) is 4.90. The van der Waals surface area contributed by atoms with Crippen molar-refractivity contribution in [1.82, 2.24) is 14.7 Å². The van der Waals surface area contributed by atoms with E-state index in [4.69, 9.17) is 0 Å². The van der Waals surface area contributed by atoms with Crippen LogP contribution >= 0.6 is 0 Å². The first-order chi connectivity index (χ1) is 13.0. The van der Waals surface area contributed by atoms with Gasteiger partial charge in [0.25, 0.3) is 5.91 Å². The Bertz CT molecular complexity index is 915. The second kappa shape index (κ2) is 6.92. The lowest BCUT2D eigenvalue weighted by Crippen LogP contribution is -2.45. The van der Waals surface area contributed by atoms with Crippen molar-refractivity contribution in [2.45, 2.75) is 25.9 Å². The van der Waals surface area contributed by atoms with E-state index < -0.39 is 40.5 Å². The molecule has 1 N–H and O–H groups in total. The molecule has 0 atom stereocenters. The van der Waals surface area contributed by atoms with Gasteiger partial charge in [-0.2, -0.15) is 18.3 Å². The number of carbonyl (C=O) groups is 2. The largest absolute Gasteiger partial charge is 0.481 e. The van der Waals surface area contributed by atoms with Crippen LogP contribution in [0.2, 0.25) is 0 Å². The molecule has 0 radical (unpaired) electrons. The van der Waals surface area contributed by atoms with E-state index in [1.54, 1.807) is 6.92 Å². The van der Waals surface area contributed by atoms with Gasteiger partial charge in [0, 0.05) is 13.1 Å². The number of aromatic nitrogens is 2. The number of rotatable bonds is 3. The molecule has 0 saturated carbocycles. The summed E-state index contributed by atoms with van der Waals surface area (Å²) in [6.45, 7) is 1.58. The molecule has 0 spiro atoms. The Morgan fingerprint density at radius 2 is 1.86 bits per heavy atom. The fraction of sp³-hybridized carbons (Fsp3) is 0.389. The van der Waals surface area contributed by atoms with E-state index in [2.05, 4.69) is 5.10 Å². The first kappa shape index (κ1) is 19.8. The molecule has 28 heavy (non-hydrogen) atoms. The Morgan fingerprint density at radius 1 is 1.21 bits per heavy atom. The molecule has 3 rings (SSSR count). The molecule has 1 fully saturated rings. The van der Waals surface area contributed by atoms with Crippen LogP contribution in [0.3, 0.4) is 0 Å². The zero-order valence-corrected chi connectivity index (χ0v) is 14.8. The maximum atomic E-state index is 13.7. The first-order valence-electron chi connectivity index (χ1n) is 8.47. The van der Waals surface area contributed by atoms with Crippen molar-refractivity contribution in [1.29, 1.82) is 0 Å². The summed E-state index contributed by atoms with van der Waals surface area (Å²) in [5, 5.41) is 12.9. The van der Waals surface area contributed by atoms with Crippen molar-refractivity contribution in [2.24, 2.45) is 5.41 Å². The third kappa shape index (κ3) is 3.58. The molecule has 150 valence electrons. The minimum absolute atomic E-state index is 0.0179. The number of aliphatic carboxylic acids is 1. The van der Waals surface area contributed by atoms with Crippen LogP contribution in [-0.2, 0) is 11.0 Å². The van der Waals surface area contributed by atoms with Gasteiger partial charge in [-0.3, -0.25) is 9.59 Å². The Labute approximate surface area is 157 Å². The van der Waals surface area contributed by atoms with E-state index >= 15 is 0 Å². The van der Waals surface area contributed by atoms with Crippen LogP contribution in [0.5, 0.6) is 0 Å². The summed E-state index contributed by atoms with van der Waals surface area (Å²) < 4.78 is 55.0. The normalized spacial score (nSPS) is 16.8. The van der Waals surface area contributed by atoms with Crippen LogP contribution in [0.4, 0.5) is 17.6 Å². The number of halogens is 4. The van der Waals surface area contributed by atoms with E-state index in [-0.39, 0.29) is 31.6 Å². The van der Waals surface area contributed by atoms with Gasteiger partial charge in [0.15, 0.2) is 5.69 Å². The number of carboxylic acid groups (broad SMARTS) is 1. The molecule has 1 amide bonds. The maximum Gasteiger partial charge on any atom is 0.434 e. The predicted octanol–water partition coefficient (Wildman–Crippen LogP) is 3.36. The minimum atomic E-state index is -4.90. The topological polar surface area (TPSA) is 75.4 Å². The standard InChI is InChI=1S/C18H17F4N3O3/c1-17(16(27)28)5-7-24(8-6-17)15(26)13-10-23-25(14(13)18(20,21)22)12-4-2-3-11(19)9-12/h2-4,9-10H,5-8H2,1H3,(H,27,28). The lowest BCUT2D eigenvalue weighted by Gasteiger charge is -2.36. The average molecular weight is 399 g/mol. The molecule has 10 heteroatoms. The number of alkyl halides is 3. The molecule has 2 heterocycles. The van der Waals surface area contributed by atoms with Gasteiger partial charge in [0.05, 0.1) is 22.9 Å². The summed E-state index contributed by atoms with van der Waals surface area (Å²) in [4.78, 5) is 25.2. The van der Waals surface area contributed by atoms with Crippen molar-refractivity contribution < 1.29 is 32.3 Å². The van der Waals surface area contributed by atoms with Crippen molar-refractivity contribution in [3.05, 3.63) is 47.5 Å². The molecule has 1 aliphatic rings. The smallest absolute Gasteiger partial charge is 0.434 e. The van der Waals surface area contributed by atoms with E-state index in [1.165, 1.54) is 17.0 Å². The van der Waals surface area contributed by atoms with Crippen LogP contribution in [0.25, 0.3) is 5.69 Å². The number of benzene rings is 1. The minimum Gasteiger partial charge on any atom is -0.481 e. The van der Waals surface area contributed by atoms with Crippen LogP contribution in [0.1, 0.15) is 35.8 Å². The van der Waals surface area contributed by atoms with Crippen molar-refractivity contribution in [2.75, 3.05) is 13.1 Å². The maximum absolute atomic E-state index is 13.7. The molecular weight excluding hydrogens is 382 g/mol. The molecule has 1 aromatic heterocycles. The highest BCUT2D eigenvalue weighted by Crippen LogP contribution is 2.36. The summed E-state index contributed by atoms with van der Waals surface area (Å²) in [6.07, 6.45) is -3.83. The molecule has 1 saturated heterocycles. The average Bonchev–Trinajstić information content (AvgIpc) is 3.07. The molecule has 0 unspecified atom stereocenters. The number of amides is 1. The van der Waals surface area contributed by atoms with Gasteiger partial charge in [-0.1, -0.05) is 6.07 Å². The van der Waals surface area contributed by atoms with E-state index in [1.807, 2.05) is 0 Å². The number of nitrogens with zero attached hydrogens (tertiary/aromatic N) is 3. The Morgan fingerprint density at radius 3 is 2.39 bits per heavy atom.